The van der Waals surface area contributed by atoms with Crippen molar-refractivity contribution in [2.75, 3.05) is 18.0 Å². The monoisotopic (exact) mass is 583 g/mol. The molecule has 0 aliphatic carbocycles. The highest BCUT2D eigenvalue weighted by Gasteiger charge is 2.54. The number of β-lactam (4-membered cyclic amide) rings is 1. The Kier molecular flexibility index (Phi) is 8.59. The van der Waals surface area contributed by atoms with Crippen LogP contribution in [-0.2, 0) is 20.1 Å². The molecular weight excluding hydrogens is 562 g/mol. The van der Waals surface area contributed by atoms with E-state index in [-0.39, 0.29) is 20.9 Å². The number of carboxylic acids is 1. The summed E-state index contributed by atoms with van der Waals surface area (Å²) in [6.45, 7) is 0.550. The van der Waals surface area contributed by atoms with Gasteiger partial charge in [-0.2, -0.15) is 11.8 Å². The molecule has 16 heteroatoms. The topological polar surface area (TPSA) is 197 Å². The number of nitrogen functional groups attached to an aromatic ring is 1. The molecule has 1 saturated heterocycles. The Morgan fingerprint density at radius 2 is 2.19 bits per heavy atom. The number of allylic oxidation sites excluding steroid dienone is 1. The Morgan fingerprint density at radius 1 is 1.41 bits per heavy atom. The van der Waals surface area contributed by atoms with Crippen molar-refractivity contribution < 1.29 is 24.7 Å². The van der Waals surface area contributed by atoms with Crippen LogP contribution in [0.5, 0.6) is 0 Å². The lowest BCUT2D eigenvalue weighted by molar-refractivity contribution is -0.155. The standard InChI is InChI=1S/C21H22ClN7O5S3/c22-17-14(27-21(24)37-17)15(28-34)18(30)26-13-10-1-2-12(16(20(32)33)29(10)19(13)31)36-11-3-5-25-7-9(11)8-35-6-4-23/h3,5,7,10,13,34H,1-2,4,6,8,23H2,(H2,24,27)(H,26,30)(H,32,33)/b28-15-/t10-,13?/m1/s1. The number of amides is 2. The molecule has 2 aromatic rings. The zero-order valence-corrected chi connectivity index (χ0v) is 22.3. The third-order valence-electron chi connectivity index (χ3n) is 5.63. The minimum absolute atomic E-state index is 0.0503. The number of thiazole rings is 1. The van der Waals surface area contributed by atoms with Crippen molar-refractivity contribution in [2.24, 2.45) is 10.9 Å². The third kappa shape index (κ3) is 5.55. The van der Waals surface area contributed by atoms with E-state index in [1.807, 2.05) is 6.07 Å². The molecule has 0 saturated carbocycles. The number of oxime groups is 1. The van der Waals surface area contributed by atoms with Gasteiger partial charge in [0.25, 0.3) is 11.8 Å². The molecule has 0 radical (unpaired) electrons. The predicted molar refractivity (Wildman–Crippen MR) is 142 cm³/mol. The fourth-order valence-corrected chi connectivity index (χ4v) is 6.95. The zero-order valence-electron chi connectivity index (χ0n) is 19.1. The van der Waals surface area contributed by atoms with Crippen LogP contribution in [0.2, 0.25) is 4.34 Å². The van der Waals surface area contributed by atoms with E-state index in [1.165, 1.54) is 16.7 Å². The molecule has 2 aromatic heterocycles. The molecule has 4 heterocycles. The molecule has 37 heavy (non-hydrogen) atoms. The van der Waals surface area contributed by atoms with Crippen molar-refractivity contribution in [3.63, 3.8) is 0 Å². The van der Waals surface area contributed by atoms with E-state index >= 15 is 0 Å². The SMILES string of the molecule is NCCSCc1cnccc1SC1=C(C(=O)O)N2C(=O)C(NC(=O)/C(=N\O)c3nc(N)sc3Cl)[C@H]2CC1. The number of nitrogens with one attached hydrogen (secondary N) is 1. The number of nitrogens with two attached hydrogens (primary N) is 2. The number of pyridine rings is 1. The molecular formula is C21H22ClN7O5S3. The van der Waals surface area contributed by atoms with E-state index in [0.717, 1.165) is 27.5 Å². The molecule has 196 valence electrons. The molecule has 2 aliphatic heterocycles. The first-order valence-corrected chi connectivity index (χ1v) is 14.1. The van der Waals surface area contributed by atoms with Gasteiger partial charge in [-0.3, -0.25) is 19.5 Å². The summed E-state index contributed by atoms with van der Waals surface area (Å²) in [6, 6.07) is 0.248. The number of anilines is 1. The van der Waals surface area contributed by atoms with Gasteiger partial charge in [0, 0.05) is 40.2 Å². The van der Waals surface area contributed by atoms with Crippen LogP contribution in [0.15, 0.2) is 39.1 Å². The summed E-state index contributed by atoms with van der Waals surface area (Å²) in [4.78, 5) is 48.7. The maximum atomic E-state index is 13.0. The van der Waals surface area contributed by atoms with Gasteiger partial charge in [-0.15, -0.1) is 0 Å². The van der Waals surface area contributed by atoms with Gasteiger partial charge in [-0.05, 0) is 24.5 Å². The fraction of sp³-hybridized carbons (Fsp3) is 0.333. The summed E-state index contributed by atoms with van der Waals surface area (Å²) in [7, 11) is 0. The Labute approximate surface area is 228 Å². The second-order valence-corrected chi connectivity index (χ2v) is 11.8. The maximum Gasteiger partial charge on any atom is 0.353 e. The van der Waals surface area contributed by atoms with Crippen LogP contribution < -0.4 is 16.8 Å². The lowest BCUT2D eigenvalue weighted by Gasteiger charge is -2.50. The number of hydrogen-bond donors (Lipinski definition) is 5. The summed E-state index contributed by atoms with van der Waals surface area (Å²) in [6.07, 6.45) is 4.19. The molecule has 0 spiro atoms. The zero-order chi connectivity index (χ0) is 26.7. The Balaban J connectivity index is 1.52. The summed E-state index contributed by atoms with van der Waals surface area (Å²) < 4.78 is 0.0503. The van der Waals surface area contributed by atoms with Crippen molar-refractivity contribution in [3.05, 3.63) is 44.7 Å². The highest BCUT2D eigenvalue weighted by atomic mass is 35.5. The van der Waals surface area contributed by atoms with Gasteiger partial charge in [0.15, 0.2) is 10.8 Å². The van der Waals surface area contributed by atoms with Crippen LogP contribution in [0, 0.1) is 0 Å². The highest BCUT2D eigenvalue weighted by Crippen LogP contribution is 2.44. The Morgan fingerprint density at radius 3 is 2.84 bits per heavy atom. The van der Waals surface area contributed by atoms with E-state index in [4.69, 9.17) is 23.1 Å². The third-order valence-corrected chi connectivity index (χ3v) is 9.02. The van der Waals surface area contributed by atoms with Crippen molar-refractivity contribution >= 4 is 75.1 Å². The van der Waals surface area contributed by atoms with E-state index in [0.29, 0.717) is 30.0 Å². The van der Waals surface area contributed by atoms with Crippen molar-refractivity contribution in [2.45, 2.75) is 35.6 Å². The van der Waals surface area contributed by atoms with E-state index < -0.39 is 35.6 Å². The fourth-order valence-electron chi connectivity index (χ4n) is 4.02. The second-order valence-electron chi connectivity index (χ2n) is 7.89. The molecule has 1 unspecified atom stereocenters. The van der Waals surface area contributed by atoms with Gasteiger partial charge >= 0.3 is 5.97 Å². The number of aliphatic carboxylic acids is 1. The lowest BCUT2D eigenvalue weighted by atomic mass is 9.86. The second kappa shape index (κ2) is 11.7. The number of hydrogen-bond acceptors (Lipinski definition) is 12. The maximum absolute atomic E-state index is 13.0. The summed E-state index contributed by atoms with van der Waals surface area (Å²) in [5.74, 6) is -1.25. The molecule has 1 fully saturated rings. The van der Waals surface area contributed by atoms with Crippen LogP contribution in [0.25, 0.3) is 0 Å². The van der Waals surface area contributed by atoms with Crippen molar-refractivity contribution in [3.8, 4) is 0 Å². The molecule has 4 rings (SSSR count). The average molecular weight is 584 g/mol. The van der Waals surface area contributed by atoms with Crippen LogP contribution in [-0.4, -0.2) is 73.1 Å². The smallest absolute Gasteiger partial charge is 0.353 e. The van der Waals surface area contributed by atoms with Gasteiger partial charge < -0.3 is 27.1 Å². The molecule has 2 amide bonds. The normalized spacial score (nSPS) is 19.5. The molecule has 12 nitrogen and oxygen atoms in total. The summed E-state index contributed by atoms with van der Waals surface area (Å²) in [5, 5.41) is 24.9. The number of rotatable bonds is 10. The average Bonchev–Trinajstić information content (AvgIpc) is 3.20. The minimum Gasteiger partial charge on any atom is -0.477 e. The first-order chi connectivity index (χ1) is 17.8. The van der Waals surface area contributed by atoms with Crippen LogP contribution >= 0.6 is 46.5 Å². The number of aromatic nitrogens is 2. The number of nitrogens with zero attached hydrogens (tertiary/aromatic N) is 4. The van der Waals surface area contributed by atoms with E-state index in [2.05, 4.69) is 20.4 Å². The van der Waals surface area contributed by atoms with E-state index in [1.54, 1.807) is 24.2 Å². The molecule has 7 N–H and O–H groups in total. The van der Waals surface area contributed by atoms with Crippen LogP contribution in [0.4, 0.5) is 5.13 Å². The van der Waals surface area contributed by atoms with Crippen LogP contribution in [0.1, 0.15) is 24.1 Å². The van der Waals surface area contributed by atoms with Crippen molar-refractivity contribution in [1.82, 2.24) is 20.2 Å². The Bertz CT molecular complexity index is 1300. The number of thioether (sulfide) groups is 2. The van der Waals surface area contributed by atoms with Crippen LogP contribution in [0.3, 0.4) is 0 Å². The number of halogens is 1. The predicted octanol–water partition coefficient (Wildman–Crippen LogP) is 1.72. The lowest BCUT2D eigenvalue weighted by Crippen LogP contribution is -2.72. The van der Waals surface area contributed by atoms with Gasteiger partial charge in [0.1, 0.15) is 21.8 Å². The summed E-state index contributed by atoms with van der Waals surface area (Å²) in [5.41, 5.74) is 11.4. The van der Waals surface area contributed by atoms with Gasteiger partial charge in [0.05, 0.1) is 6.04 Å². The summed E-state index contributed by atoms with van der Waals surface area (Å²) >= 11 is 9.86. The van der Waals surface area contributed by atoms with Gasteiger partial charge in [-0.25, -0.2) is 9.78 Å². The number of carbonyl (C=O) groups excluding carboxylic acids is 2. The number of carboxylic acid groups (broad SMARTS) is 1. The molecule has 2 atom stereocenters. The highest BCUT2D eigenvalue weighted by molar-refractivity contribution is 8.03. The quantitative estimate of drug-likeness (QED) is 0.0897. The Hall–Kier alpha value is -2.85. The largest absolute Gasteiger partial charge is 0.477 e. The van der Waals surface area contributed by atoms with Gasteiger partial charge in [-0.1, -0.05) is 39.9 Å². The molecule has 0 bridgehead atoms. The molecule has 0 aromatic carbocycles. The number of fused-ring (bicyclic) bond motifs is 1. The van der Waals surface area contributed by atoms with Gasteiger partial charge in [0.2, 0.25) is 0 Å². The minimum atomic E-state index is -1.24. The van der Waals surface area contributed by atoms with Crippen molar-refractivity contribution in [1.29, 1.82) is 0 Å². The first kappa shape index (κ1) is 27.2. The first-order valence-electron chi connectivity index (χ1n) is 10.9. The van der Waals surface area contributed by atoms with E-state index in [9.17, 15) is 24.7 Å². The molecule has 2 aliphatic rings. The number of carbonyl (C=O) groups is 3.